The van der Waals surface area contributed by atoms with Crippen molar-refractivity contribution in [3.05, 3.63) is 206 Å². The largest absolute Gasteiger partial charge is 0.480 e. The van der Waals surface area contributed by atoms with Gasteiger partial charge in [0.25, 0.3) is 0 Å². The van der Waals surface area contributed by atoms with Gasteiger partial charge in [-0.25, -0.2) is 8.78 Å². The van der Waals surface area contributed by atoms with E-state index in [1.54, 1.807) is 153 Å². The fourth-order valence-corrected chi connectivity index (χ4v) is 19.1. The second kappa shape index (κ2) is 40.9. The zero-order valence-corrected chi connectivity index (χ0v) is 71.0. The van der Waals surface area contributed by atoms with Crippen LogP contribution in [-0.2, 0) is 17.6 Å². The number of hydrogen-bond acceptors (Lipinski definition) is 4. The molecule has 614 valence electrons. The number of nitrogens with zero attached hydrogens (tertiary/aromatic N) is 1. The summed E-state index contributed by atoms with van der Waals surface area (Å²) in [5, 5.41) is 43.1. The molecule has 1 heterocycles. The molecular weight excluding hydrogens is 1680 g/mol. The third kappa shape index (κ3) is 17.0. The zero-order valence-electron chi connectivity index (χ0n) is 71.0. The predicted molar refractivity (Wildman–Crippen MR) is 549 cm³/mol. The Bertz CT molecular complexity index is 9830. The molecule has 0 radical (unpaired) electrons. The molecule has 1 fully saturated rings. The number of carbonyl (C=O) groups is 2. The molecule has 0 saturated carbocycles. The van der Waals surface area contributed by atoms with E-state index in [0.29, 0.717) is 0 Å². The number of aliphatic carboxylic acids is 1. The van der Waals surface area contributed by atoms with Gasteiger partial charge in [0.05, 0.1) is 17.4 Å². The zero-order chi connectivity index (χ0) is 92.2. The lowest BCUT2D eigenvalue weighted by molar-refractivity contribution is -0.134. The maximum atomic E-state index is 16.3. The maximum Gasteiger partial charge on any atom is 0.322 e. The molecule has 4 unspecified atom stereocenters. The van der Waals surface area contributed by atoms with E-state index in [1.165, 1.54) is 61.2 Å². The Morgan fingerprint density at radius 3 is 1.09 bits per heavy atom. The molecular formula is C130H52F2N2O3. The van der Waals surface area contributed by atoms with E-state index >= 15 is 4.39 Å². The molecule has 15 aromatic rings. The van der Waals surface area contributed by atoms with Crippen molar-refractivity contribution in [2.45, 2.75) is 59.4 Å². The van der Waals surface area contributed by atoms with Crippen molar-refractivity contribution in [1.82, 2.24) is 0 Å². The number of benzene rings is 11. The van der Waals surface area contributed by atoms with E-state index in [4.69, 9.17) is 5.11 Å². The van der Waals surface area contributed by atoms with Gasteiger partial charge in [-0.2, -0.15) is 0 Å². The van der Waals surface area contributed by atoms with Crippen molar-refractivity contribution in [2.75, 3.05) is 23.3 Å². The van der Waals surface area contributed by atoms with E-state index in [0.717, 1.165) is 36.9 Å². The minimum absolute atomic E-state index is 0. The Labute approximate surface area is 793 Å². The van der Waals surface area contributed by atoms with Gasteiger partial charge in [0, 0.05) is 266 Å². The molecule has 6 aliphatic rings. The van der Waals surface area contributed by atoms with Crippen LogP contribution in [0.15, 0.2) is 140 Å². The summed E-state index contributed by atoms with van der Waals surface area (Å²) in [4.78, 5) is 22.6. The van der Waals surface area contributed by atoms with E-state index in [-0.39, 0.29) is 56.2 Å². The van der Waals surface area contributed by atoms with E-state index in [9.17, 15) is 14.0 Å². The number of fused-ring (bicyclic) bond motifs is 1. The summed E-state index contributed by atoms with van der Waals surface area (Å²) < 4.78 is 29.1. The highest BCUT2D eigenvalue weighted by Gasteiger charge is 2.65. The molecule has 0 amide bonds. The van der Waals surface area contributed by atoms with Gasteiger partial charge in [0.1, 0.15) is 24.5 Å². The predicted octanol–water partition coefficient (Wildman–Crippen LogP) is 17.3. The van der Waals surface area contributed by atoms with Crippen molar-refractivity contribution in [3.8, 4) is 343 Å². The first-order valence-corrected chi connectivity index (χ1v) is 41.4. The molecule has 1 saturated heterocycles. The summed E-state index contributed by atoms with van der Waals surface area (Å²) in [6.07, 6.45) is 5.63. The van der Waals surface area contributed by atoms with Crippen LogP contribution in [0.1, 0.15) is 101 Å². The van der Waals surface area contributed by atoms with Crippen molar-refractivity contribution < 1.29 is 23.5 Å². The van der Waals surface area contributed by atoms with Gasteiger partial charge >= 0.3 is 5.97 Å². The molecule has 137 heavy (non-hydrogen) atoms. The fraction of sp³-hybridized carbons (Fsp3) is 0.0923. The van der Waals surface area contributed by atoms with Crippen LogP contribution in [0.2, 0.25) is 0 Å². The highest BCUT2D eigenvalue weighted by atomic mass is 19.1. The molecule has 0 aromatic heterocycles. The van der Waals surface area contributed by atoms with Crippen LogP contribution in [0.25, 0.3) is 114 Å². The number of nitrogens with one attached hydrogen (secondary N) is 1. The van der Waals surface area contributed by atoms with Crippen LogP contribution in [0.4, 0.5) is 20.2 Å². The van der Waals surface area contributed by atoms with Crippen LogP contribution in [0, 0.1) is 360 Å². The fourth-order valence-electron chi connectivity index (χ4n) is 19.1. The summed E-state index contributed by atoms with van der Waals surface area (Å²) in [5.74, 6) is 144. The molecule has 1 spiro atoms. The van der Waals surface area contributed by atoms with Crippen LogP contribution in [0.5, 0.6) is 0 Å². The van der Waals surface area contributed by atoms with E-state index in [2.05, 4.69) is 420 Å². The van der Waals surface area contributed by atoms with Crippen LogP contribution in [0.3, 0.4) is 0 Å². The number of rotatable bonds is 6. The molecule has 0 bridgehead atoms. The first-order valence-electron chi connectivity index (χ1n) is 41.4. The van der Waals surface area contributed by atoms with Crippen molar-refractivity contribution in [3.63, 3.8) is 0 Å². The van der Waals surface area contributed by atoms with Crippen LogP contribution in [-0.4, -0.2) is 30.5 Å². The summed E-state index contributed by atoms with van der Waals surface area (Å²) in [7, 11) is 0. The summed E-state index contributed by atoms with van der Waals surface area (Å²) in [6.45, 7) is 3.88. The number of para-hydroxylation sites is 2. The number of aldehydes is 1. The van der Waals surface area contributed by atoms with Gasteiger partial charge in [-0.3, -0.25) is 9.59 Å². The van der Waals surface area contributed by atoms with Crippen molar-refractivity contribution in [1.29, 1.82) is 0 Å². The summed E-state index contributed by atoms with van der Waals surface area (Å²) in [6, 6.07) is 46.8. The summed E-state index contributed by atoms with van der Waals surface area (Å²) in [5.41, 5.74) is 13.5. The Kier molecular flexibility index (Phi) is 26.5. The number of carbonyl (C=O) groups excluding carboxylic acids is 1. The standard InChI is InChI=1S/C60H6.C53H24FN.C8H8FNO2.C7H6O.2CH4/c1-3-5-7-9-11-13-15-17-19-21-23-25-27-29-31-33-35-37-39-41-43-45-47-49-51-53-55-57-59-60-58-56-54-52-50-48-46-44-42-40-38-36-34-32-30-28-26-24-22-20-18-16-14-12-10-8-6-4-2;54-29-8-4-5-9-30(29)55-18-28-27-16-25-14-22-12-23-11-20-10-21-13-24-15-26-17-53(28,52(55)19-6-2-1-3-7-19)51-37(26)42-36(24)41-32(21)31(20)39-35(23)40-33(22)34(25)43-38(27)50(51)49-47(42)45(41)44(39)46(40)48(43)49;9-6-3-1-2-4-7(6)10-5-8(11)12;8-6-7-4-2-1-3-5-7;;/h1-2H3;1-10,12-13,15-17,28,51-52H,11,14,18H2;1-4,10H,5H2,(H,11,12);1-6H;2*1H4. The van der Waals surface area contributed by atoms with Crippen molar-refractivity contribution >= 4 is 137 Å². The quantitative estimate of drug-likeness (QED) is 0.0986. The molecule has 1 aliphatic heterocycles. The lowest BCUT2D eigenvalue weighted by atomic mass is 9.55. The molecule has 7 heteroatoms. The molecule has 5 aliphatic carbocycles. The first kappa shape index (κ1) is 88.7. The van der Waals surface area contributed by atoms with Crippen LogP contribution < -0.4 is 15.4 Å². The Morgan fingerprint density at radius 1 is 0.358 bits per heavy atom. The molecule has 2 N–H and O–H groups in total. The third-order valence-corrected chi connectivity index (χ3v) is 23.0. The topological polar surface area (TPSA) is 69.6 Å². The molecule has 21 rings (SSSR count). The Hall–Kier alpha value is -21.7. The number of carboxylic acid groups (broad SMARTS) is 1. The van der Waals surface area contributed by atoms with Gasteiger partial charge in [-0.05, 0) is 315 Å². The van der Waals surface area contributed by atoms with Gasteiger partial charge in [0.15, 0.2) is 0 Å². The third-order valence-electron chi connectivity index (χ3n) is 23.0. The Morgan fingerprint density at radius 2 is 0.679 bits per heavy atom. The second-order valence-electron chi connectivity index (χ2n) is 29.9. The van der Waals surface area contributed by atoms with Gasteiger partial charge in [0.2, 0.25) is 0 Å². The van der Waals surface area contributed by atoms with Gasteiger partial charge in [-0.15, -0.1) is 0 Å². The lowest BCUT2D eigenvalue weighted by Crippen LogP contribution is -2.38. The number of halogens is 2. The monoisotopic (exact) mass is 1730 g/mol. The minimum Gasteiger partial charge on any atom is -0.480 e. The smallest absolute Gasteiger partial charge is 0.322 e. The van der Waals surface area contributed by atoms with E-state index in [1.807, 2.05) is 36.4 Å². The lowest BCUT2D eigenvalue weighted by Gasteiger charge is -2.46. The van der Waals surface area contributed by atoms with Gasteiger partial charge < -0.3 is 15.3 Å². The highest BCUT2D eigenvalue weighted by Crippen LogP contribution is 2.76. The van der Waals surface area contributed by atoms with E-state index < -0.39 is 11.8 Å². The van der Waals surface area contributed by atoms with Gasteiger partial charge in [-0.1, -0.05) is 136 Å². The second-order valence-corrected chi connectivity index (χ2v) is 29.9. The number of carboxylic acids is 1. The Balaban J connectivity index is 0.000000162. The summed E-state index contributed by atoms with van der Waals surface area (Å²) >= 11 is 0. The highest BCUT2D eigenvalue weighted by molar-refractivity contribution is 6.62. The molecule has 5 nitrogen and oxygen atoms in total. The minimum atomic E-state index is -1.02. The first-order chi connectivity index (χ1) is 66.7. The number of anilines is 2. The molecule has 15 aromatic carbocycles. The molecule has 4 atom stereocenters. The number of hydrogen-bond donors (Lipinski definition) is 2. The van der Waals surface area contributed by atoms with Crippen LogP contribution >= 0.6 is 0 Å². The average Bonchev–Trinajstić information content (AvgIpc) is 1.43. The normalized spacial score (nSPS) is 12.6. The average molecular weight is 1730 g/mol. The van der Waals surface area contributed by atoms with Crippen molar-refractivity contribution in [2.24, 2.45) is 5.41 Å². The SMILES string of the molecule is C.C.CC#CC#CC#CC#CC#CC#CC#CC#CC#CC#CC#CC#CC#CC#CC#CC#CC#CC#CC#CC#CC#CC#CC#CC#CC#CC#CC#CC#CC#CC.Fc1ccccc1N1CC2c3cc4c5c6c(cc7c8c6c6c9c%10c(c3c59)C3c5c(cc9cc%11cc(c%12c%11c%11c9c5c%10c%11c6c%128)C7)=CC23C1c1ccccc1)C4.O=C(O)CNc1ccccc1F.O=Cc1ccccc1. The maximum absolute atomic E-state index is 16.3.